The van der Waals surface area contributed by atoms with E-state index in [1.807, 2.05) is 26.8 Å². The molecule has 0 amide bonds. The number of aromatic nitrogens is 1. The van der Waals surface area contributed by atoms with Gasteiger partial charge in [0.05, 0.1) is 6.42 Å². The largest absolute Gasteiger partial charge is 0.299 e. The Kier molecular flexibility index (Phi) is 4.28. The normalized spacial score (nSPS) is 12.3. The highest BCUT2D eigenvalue weighted by atomic mass is 16.1. The first-order chi connectivity index (χ1) is 8.51. The molecule has 0 aliphatic carbocycles. The molecule has 0 radical (unpaired) electrons. The van der Waals surface area contributed by atoms with Crippen molar-refractivity contribution in [3.8, 4) is 0 Å². The van der Waals surface area contributed by atoms with Gasteiger partial charge in [-0.15, -0.1) is 0 Å². The lowest BCUT2D eigenvalue weighted by molar-refractivity contribution is -0.125. The molecule has 19 heavy (non-hydrogen) atoms. The van der Waals surface area contributed by atoms with Crippen LogP contribution in [0.2, 0.25) is 0 Å². The van der Waals surface area contributed by atoms with Gasteiger partial charge >= 0.3 is 0 Å². The summed E-state index contributed by atoms with van der Waals surface area (Å²) < 4.78 is 0. The number of carbonyl (C=O) groups excluding carboxylic acids is 2. The molecule has 1 rings (SSSR count). The van der Waals surface area contributed by atoms with E-state index in [0.29, 0.717) is 5.69 Å². The summed E-state index contributed by atoms with van der Waals surface area (Å²) in [5.74, 6) is -0.264. The third kappa shape index (κ3) is 4.27. The highest BCUT2D eigenvalue weighted by Crippen LogP contribution is 2.22. The van der Waals surface area contributed by atoms with Gasteiger partial charge in [-0.3, -0.25) is 14.6 Å². The zero-order valence-electron chi connectivity index (χ0n) is 12.7. The van der Waals surface area contributed by atoms with E-state index >= 15 is 0 Å². The van der Waals surface area contributed by atoms with Gasteiger partial charge in [0.25, 0.3) is 0 Å². The molecule has 0 atom stereocenters. The Bertz CT molecular complexity index is 473. The zero-order chi connectivity index (χ0) is 14.8. The fraction of sp³-hybridized carbons (Fsp3) is 0.562. The summed E-state index contributed by atoms with van der Waals surface area (Å²) >= 11 is 0. The van der Waals surface area contributed by atoms with Crippen LogP contribution < -0.4 is 0 Å². The first-order valence-corrected chi connectivity index (χ1v) is 6.55. The van der Waals surface area contributed by atoms with Gasteiger partial charge < -0.3 is 0 Å². The zero-order valence-corrected chi connectivity index (χ0v) is 12.7. The number of carbonyl (C=O) groups is 2. The van der Waals surface area contributed by atoms with E-state index in [0.717, 1.165) is 5.56 Å². The summed E-state index contributed by atoms with van der Waals surface area (Å²) in [5, 5.41) is 0. The van der Waals surface area contributed by atoms with Gasteiger partial charge in [-0.05, 0) is 17.0 Å². The van der Waals surface area contributed by atoms with Crippen LogP contribution in [0.4, 0.5) is 0 Å². The van der Waals surface area contributed by atoms with E-state index in [4.69, 9.17) is 0 Å². The van der Waals surface area contributed by atoms with E-state index in [-0.39, 0.29) is 23.4 Å². The SMILES string of the molecule is CC(C)(C)C(=O)CC(=O)c1ccc(C(C)(C)C)cn1. The topological polar surface area (TPSA) is 47.0 Å². The second-order valence-corrected chi connectivity index (χ2v) is 6.96. The van der Waals surface area contributed by atoms with Gasteiger partial charge in [-0.2, -0.15) is 0 Å². The molecule has 104 valence electrons. The van der Waals surface area contributed by atoms with Crippen molar-refractivity contribution >= 4 is 11.6 Å². The number of ketones is 2. The van der Waals surface area contributed by atoms with Crippen LogP contribution in [0.3, 0.4) is 0 Å². The summed E-state index contributed by atoms with van der Waals surface area (Å²) in [5.41, 5.74) is 0.966. The molecular formula is C16H23NO2. The van der Waals surface area contributed by atoms with Crippen LogP contribution in [0.1, 0.15) is 64.0 Å². The van der Waals surface area contributed by atoms with E-state index < -0.39 is 5.41 Å². The lowest BCUT2D eigenvalue weighted by atomic mass is 9.86. The Labute approximate surface area is 115 Å². The van der Waals surface area contributed by atoms with Crippen LogP contribution in [0, 0.1) is 5.41 Å². The van der Waals surface area contributed by atoms with Gasteiger partial charge in [0, 0.05) is 11.6 Å². The van der Waals surface area contributed by atoms with Crippen LogP contribution in [0.5, 0.6) is 0 Å². The van der Waals surface area contributed by atoms with Gasteiger partial charge in [0.15, 0.2) is 5.78 Å². The number of pyridine rings is 1. The van der Waals surface area contributed by atoms with Gasteiger partial charge in [0.2, 0.25) is 0 Å². The van der Waals surface area contributed by atoms with Crippen molar-refractivity contribution in [2.75, 3.05) is 0 Å². The minimum absolute atomic E-state index is 0.00973. The lowest BCUT2D eigenvalue weighted by Gasteiger charge is -2.18. The van der Waals surface area contributed by atoms with Crippen LogP contribution in [0.25, 0.3) is 0 Å². The van der Waals surface area contributed by atoms with Gasteiger partial charge in [-0.25, -0.2) is 0 Å². The number of nitrogens with zero attached hydrogens (tertiary/aromatic N) is 1. The quantitative estimate of drug-likeness (QED) is 0.617. The molecule has 0 unspecified atom stereocenters. The summed E-state index contributed by atoms with van der Waals surface area (Å²) in [6.45, 7) is 11.7. The Morgan fingerprint density at radius 2 is 1.63 bits per heavy atom. The average molecular weight is 261 g/mol. The minimum Gasteiger partial charge on any atom is -0.299 e. The first kappa shape index (κ1) is 15.5. The fourth-order valence-corrected chi connectivity index (χ4v) is 1.50. The van der Waals surface area contributed by atoms with E-state index in [2.05, 4.69) is 25.8 Å². The summed E-state index contributed by atoms with van der Waals surface area (Å²) in [6.07, 6.45) is 1.64. The smallest absolute Gasteiger partial charge is 0.188 e. The predicted molar refractivity (Wildman–Crippen MR) is 76.3 cm³/mol. The second-order valence-electron chi connectivity index (χ2n) is 6.96. The molecule has 3 heteroatoms. The molecule has 0 saturated heterocycles. The van der Waals surface area contributed by atoms with Crippen molar-refractivity contribution in [3.05, 3.63) is 29.6 Å². The van der Waals surface area contributed by atoms with E-state index in [1.54, 1.807) is 12.3 Å². The summed E-state index contributed by atoms with van der Waals surface area (Å²) in [6, 6.07) is 3.61. The molecule has 3 nitrogen and oxygen atoms in total. The van der Waals surface area contributed by atoms with Crippen LogP contribution in [-0.4, -0.2) is 16.6 Å². The highest BCUT2D eigenvalue weighted by Gasteiger charge is 2.24. The molecule has 0 aliphatic heterocycles. The van der Waals surface area contributed by atoms with Crippen molar-refractivity contribution in [1.82, 2.24) is 4.98 Å². The third-order valence-corrected chi connectivity index (χ3v) is 3.07. The minimum atomic E-state index is -0.485. The van der Waals surface area contributed by atoms with Crippen molar-refractivity contribution in [1.29, 1.82) is 0 Å². The van der Waals surface area contributed by atoms with E-state index in [1.165, 1.54) is 0 Å². The Morgan fingerprint density at radius 1 is 1.05 bits per heavy atom. The standard InChI is InChI=1S/C16H23NO2/c1-15(2,3)11-7-8-12(17-10-11)13(18)9-14(19)16(4,5)6/h7-8,10H,9H2,1-6H3. The monoisotopic (exact) mass is 261 g/mol. The van der Waals surface area contributed by atoms with Gasteiger partial charge in [-0.1, -0.05) is 47.6 Å². The molecule has 1 aromatic heterocycles. The molecule has 0 aromatic carbocycles. The van der Waals surface area contributed by atoms with Crippen LogP contribution in [0.15, 0.2) is 18.3 Å². The number of rotatable bonds is 3. The second kappa shape index (κ2) is 5.24. The maximum atomic E-state index is 12.0. The molecule has 0 N–H and O–H groups in total. The average Bonchev–Trinajstić information content (AvgIpc) is 2.26. The first-order valence-electron chi connectivity index (χ1n) is 6.55. The molecule has 0 fully saturated rings. The fourth-order valence-electron chi connectivity index (χ4n) is 1.50. The number of hydrogen-bond acceptors (Lipinski definition) is 3. The Morgan fingerprint density at radius 3 is 2.00 bits per heavy atom. The van der Waals surface area contributed by atoms with Crippen LogP contribution in [-0.2, 0) is 10.2 Å². The highest BCUT2D eigenvalue weighted by molar-refractivity contribution is 6.08. The summed E-state index contributed by atoms with van der Waals surface area (Å²) in [4.78, 5) is 28.0. The van der Waals surface area contributed by atoms with Crippen molar-refractivity contribution in [2.45, 2.75) is 53.4 Å². The van der Waals surface area contributed by atoms with Crippen molar-refractivity contribution in [2.24, 2.45) is 5.41 Å². The molecule has 0 spiro atoms. The maximum absolute atomic E-state index is 12.0. The predicted octanol–water partition coefficient (Wildman–Crippen LogP) is 3.57. The molecule has 1 heterocycles. The molecular weight excluding hydrogens is 238 g/mol. The lowest BCUT2D eigenvalue weighted by Crippen LogP contribution is -2.23. The molecule has 0 saturated carbocycles. The third-order valence-electron chi connectivity index (χ3n) is 3.07. The Hall–Kier alpha value is -1.51. The Balaban J connectivity index is 2.83. The molecule has 1 aromatic rings. The van der Waals surface area contributed by atoms with Gasteiger partial charge in [0.1, 0.15) is 11.5 Å². The summed E-state index contributed by atoms with van der Waals surface area (Å²) in [7, 11) is 0. The molecule has 0 bridgehead atoms. The van der Waals surface area contributed by atoms with Crippen LogP contribution >= 0.6 is 0 Å². The number of Topliss-reactive ketones (excluding diaryl/α,β-unsaturated/α-hetero) is 2. The maximum Gasteiger partial charge on any atom is 0.188 e. The van der Waals surface area contributed by atoms with Crippen molar-refractivity contribution in [3.63, 3.8) is 0 Å². The van der Waals surface area contributed by atoms with Crippen molar-refractivity contribution < 1.29 is 9.59 Å². The molecule has 0 aliphatic rings. The number of hydrogen-bond donors (Lipinski definition) is 0. The van der Waals surface area contributed by atoms with E-state index in [9.17, 15) is 9.59 Å².